The molecule has 0 aromatic heterocycles. The van der Waals surface area contributed by atoms with Gasteiger partial charge in [-0.1, -0.05) is 45.5 Å². The summed E-state index contributed by atoms with van der Waals surface area (Å²) in [6.45, 7) is 4.21. The molecule has 0 aliphatic carbocycles. The van der Waals surface area contributed by atoms with Crippen LogP contribution in [0.4, 0.5) is 0 Å². The third kappa shape index (κ3) is 6.10. The summed E-state index contributed by atoms with van der Waals surface area (Å²) in [6.07, 6.45) is 1.01. The van der Waals surface area contributed by atoms with Crippen LogP contribution in [0.15, 0.2) is 29.4 Å². The minimum Gasteiger partial charge on any atom is -0.289 e. The molecule has 0 saturated carbocycles. The molecule has 0 aliphatic heterocycles. The number of benzene rings is 1. The molecule has 20 heavy (non-hydrogen) atoms. The lowest BCUT2D eigenvalue weighted by Gasteiger charge is -2.04. The lowest BCUT2D eigenvalue weighted by molar-refractivity contribution is -0.134. The molecule has 0 bridgehead atoms. The van der Waals surface area contributed by atoms with Crippen LogP contribution in [0, 0.1) is 0 Å². The van der Waals surface area contributed by atoms with Crippen molar-refractivity contribution in [3.63, 3.8) is 0 Å². The molecule has 0 fully saturated rings. The van der Waals surface area contributed by atoms with Crippen LogP contribution < -0.4 is 10.9 Å². The minimum absolute atomic E-state index is 0. The molecule has 1 aromatic rings. The molecule has 0 radical (unpaired) electrons. The number of carbonyl (C=O) groups is 2. The van der Waals surface area contributed by atoms with Gasteiger partial charge >= 0.3 is 0 Å². The van der Waals surface area contributed by atoms with Gasteiger partial charge in [0.05, 0.1) is 6.21 Å². The van der Waals surface area contributed by atoms with Crippen molar-refractivity contribution in [2.24, 2.45) is 5.10 Å². The van der Waals surface area contributed by atoms with Crippen molar-refractivity contribution in [3.05, 3.63) is 35.4 Å². The van der Waals surface area contributed by atoms with Crippen LogP contribution in [0.25, 0.3) is 0 Å². The Labute approximate surface area is 118 Å². The molecule has 1 rings (SSSR count). The van der Waals surface area contributed by atoms with E-state index in [2.05, 4.69) is 24.4 Å². The normalized spacial score (nSPS) is 10.2. The number of hydrogen-bond donors (Lipinski definition) is 3. The fourth-order valence-electron chi connectivity index (χ4n) is 1.37. The van der Waals surface area contributed by atoms with E-state index >= 15 is 0 Å². The van der Waals surface area contributed by atoms with Crippen molar-refractivity contribution < 1.29 is 14.8 Å². The number of rotatable bonds is 5. The summed E-state index contributed by atoms with van der Waals surface area (Å²) in [7, 11) is 0. The van der Waals surface area contributed by atoms with Gasteiger partial charge in [0.2, 0.25) is 5.91 Å². The summed E-state index contributed by atoms with van der Waals surface area (Å²) in [6, 6.07) is 7.77. The highest BCUT2D eigenvalue weighted by Crippen LogP contribution is 2.13. The molecule has 3 N–H and O–H groups in total. The maximum Gasteiger partial charge on any atom is 0.252 e. The van der Waals surface area contributed by atoms with Gasteiger partial charge in [0, 0.05) is 0 Å². The topological polar surface area (TPSA) is 90.8 Å². The van der Waals surface area contributed by atoms with Gasteiger partial charge in [-0.25, -0.2) is 10.9 Å². The molecule has 2 amide bonds. The van der Waals surface area contributed by atoms with Gasteiger partial charge in [0.25, 0.3) is 5.91 Å². The second-order valence-corrected chi connectivity index (χ2v) is 4.33. The Hall–Kier alpha value is -2.21. The highest BCUT2D eigenvalue weighted by molar-refractivity contribution is 5.96. The molecule has 0 saturated heterocycles. The predicted octanol–water partition coefficient (Wildman–Crippen LogP) is 1.79. The van der Waals surface area contributed by atoms with Crippen molar-refractivity contribution in [2.75, 3.05) is 0 Å². The number of amides is 2. The van der Waals surface area contributed by atoms with Gasteiger partial charge in [-0.2, -0.15) is 5.10 Å². The van der Waals surface area contributed by atoms with Crippen LogP contribution in [0.2, 0.25) is 0 Å². The standard InChI is InChI=1S/C13H17N3O3.CH4/c1-9(2)11-5-3-10(4-6-11)8-14-15-12(17)7-13(18)16-19;/h3-6,8-9,19H,7H2,1-2H3,(H,15,17)(H,16,18);1H4/b14-8+;. The van der Waals surface area contributed by atoms with E-state index < -0.39 is 18.2 Å². The van der Waals surface area contributed by atoms with Crippen molar-refractivity contribution >= 4 is 18.0 Å². The molecule has 1 aromatic carbocycles. The predicted molar refractivity (Wildman–Crippen MR) is 77.5 cm³/mol. The lowest BCUT2D eigenvalue weighted by atomic mass is 10.0. The Balaban J connectivity index is 0.00000361. The quantitative estimate of drug-likeness (QED) is 0.332. The number of carbonyl (C=O) groups excluding carboxylic acids is 2. The van der Waals surface area contributed by atoms with Crippen molar-refractivity contribution in [3.8, 4) is 0 Å². The van der Waals surface area contributed by atoms with E-state index in [9.17, 15) is 9.59 Å². The first-order chi connectivity index (χ1) is 9.02. The first kappa shape index (κ1) is 17.8. The molecular formula is C14H21N3O3. The maximum atomic E-state index is 11.1. The molecule has 0 heterocycles. The summed E-state index contributed by atoms with van der Waals surface area (Å²) in [4.78, 5) is 21.8. The summed E-state index contributed by atoms with van der Waals surface area (Å²) >= 11 is 0. The average molecular weight is 279 g/mol. The number of hydroxylamine groups is 1. The Morgan fingerprint density at radius 3 is 2.35 bits per heavy atom. The van der Waals surface area contributed by atoms with Gasteiger partial charge in [0.1, 0.15) is 6.42 Å². The van der Waals surface area contributed by atoms with Gasteiger partial charge in [-0.05, 0) is 17.0 Å². The highest BCUT2D eigenvalue weighted by Gasteiger charge is 2.06. The third-order valence-electron chi connectivity index (χ3n) is 2.45. The van der Waals surface area contributed by atoms with E-state index in [-0.39, 0.29) is 7.43 Å². The van der Waals surface area contributed by atoms with Gasteiger partial charge in [-0.15, -0.1) is 0 Å². The van der Waals surface area contributed by atoms with Crippen LogP contribution in [0.5, 0.6) is 0 Å². The molecule has 0 unspecified atom stereocenters. The number of nitrogens with zero attached hydrogens (tertiary/aromatic N) is 1. The summed E-state index contributed by atoms with van der Waals surface area (Å²) < 4.78 is 0. The Morgan fingerprint density at radius 1 is 1.25 bits per heavy atom. The van der Waals surface area contributed by atoms with Crippen molar-refractivity contribution in [1.82, 2.24) is 10.9 Å². The summed E-state index contributed by atoms with van der Waals surface area (Å²) in [5.41, 5.74) is 5.63. The fraction of sp³-hybridized carbons (Fsp3) is 0.357. The minimum atomic E-state index is -0.783. The SMILES string of the molecule is C.CC(C)c1ccc(/C=N/NC(=O)CC(=O)NO)cc1. The zero-order chi connectivity index (χ0) is 14.3. The monoisotopic (exact) mass is 279 g/mol. The smallest absolute Gasteiger partial charge is 0.252 e. The first-order valence-electron chi connectivity index (χ1n) is 5.87. The first-order valence-corrected chi connectivity index (χ1v) is 5.87. The molecule has 0 spiro atoms. The highest BCUT2D eigenvalue weighted by atomic mass is 16.5. The lowest BCUT2D eigenvalue weighted by Crippen LogP contribution is -2.27. The van der Waals surface area contributed by atoms with Crippen LogP contribution in [-0.2, 0) is 9.59 Å². The van der Waals surface area contributed by atoms with Crippen LogP contribution in [0.1, 0.15) is 44.7 Å². The van der Waals surface area contributed by atoms with Gasteiger partial charge in [-0.3, -0.25) is 14.8 Å². The van der Waals surface area contributed by atoms with Crippen molar-refractivity contribution in [1.29, 1.82) is 0 Å². The number of nitrogens with one attached hydrogen (secondary N) is 2. The molecule has 110 valence electrons. The maximum absolute atomic E-state index is 11.1. The number of hydrogen-bond acceptors (Lipinski definition) is 4. The fourth-order valence-corrected chi connectivity index (χ4v) is 1.37. The second-order valence-electron chi connectivity index (χ2n) is 4.33. The van der Waals surface area contributed by atoms with E-state index in [0.29, 0.717) is 5.92 Å². The van der Waals surface area contributed by atoms with E-state index in [0.717, 1.165) is 5.56 Å². The van der Waals surface area contributed by atoms with Crippen LogP contribution in [-0.4, -0.2) is 23.2 Å². The van der Waals surface area contributed by atoms with E-state index in [4.69, 9.17) is 5.21 Å². The Bertz CT molecular complexity index is 467. The van der Waals surface area contributed by atoms with Crippen LogP contribution in [0.3, 0.4) is 0 Å². The average Bonchev–Trinajstić information content (AvgIpc) is 2.39. The molecule has 0 aliphatic rings. The molecule has 0 atom stereocenters. The summed E-state index contributed by atoms with van der Waals surface area (Å²) in [5.74, 6) is -0.918. The molecular weight excluding hydrogens is 258 g/mol. The number of hydrazone groups is 1. The second kappa shape index (κ2) is 8.82. The zero-order valence-corrected chi connectivity index (χ0v) is 10.9. The molecule has 6 nitrogen and oxygen atoms in total. The van der Waals surface area contributed by atoms with Gasteiger partial charge < -0.3 is 0 Å². The van der Waals surface area contributed by atoms with E-state index in [1.807, 2.05) is 24.3 Å². The molecule has 6 heteroatoms. The summed E-state index contributed by atoms with van der Waals surface area (Å²) in [5, 5.41) is 12.0. The Kier molecular flexibility index (Phi) is 7.84. The van der Waals surface area contributed by atoms with E-state index in [1.54, 1.807) is 0 Å². The zero-order valence-electron chi connectivity index (χ0n) is 10.9. The van der Waals surface area contributed by atoms with Crippen LogP contribution >= 0.6 is 0 Å². The Morgan fingerprint density at radius 2 is 1.85 bits per heavy atom. The van der Waals surface area contributed by atoms with Crippen molar-refractivity contribution in [2.45, 2.75) is 33.6 Å². The van der Waals surface area contributed by atoms with E-state index in [1.165, 1.54) is 17.3 Å². The van der Waals surface area contributed by atoms with Gasteiger partial charge in [0.15, 0.2) is 0 Å². The largest absolute Gasteiger partial charge is 0.289 e. The third-order valence-corrected chi connectivity index (χ3v) is 2.45.